The minimum Gasteiger partial charge on any atom is -0.352 e. The van der Waals surface area contributed by atoms with E-state index in [1.165, 1.54) is 10.4 Å². The summed E-state index contributed by atoms with van der Waals surface area (Å²) in [5.41, 5.74) is 2.22. The van der Waals surface area contributed by atoms with Gasteiger partial charge >= 0.3 is 0 Å². The zero-order valence-electron chi connectivity index (χ0n) is 15.2. The maximum atomic E-state index is 12.6. The van der Waals surface area contributed by atoms with E-state index in [4.69, 9.17) is 11.6 Å². The number of fused-ring (bicyclic) bond motifs is 1. The molecule has 142 valence electrons. The van der Waals surface area contributed by atoms with E-state index in [2.05, 4.69) is 5.32 Å². The predicted octanol–water partition coefficient (Wildman–Crippen LogP) is 4.06. The van der Waals surface area contributed by atoms with Crippen LogP contribution in [0, 0.1) is 5.92 Å². The first kappa shape index (κ1) is 18.5. The molecule has 6 heteroatoms. The normalized spacial score (nSPS) is 19.0. The van der Waals surface area contributed by atoms with Crippen molar-refractivity contribution < 1.29 is 9.59 Å². The van der Waals surface area contributed by atoms with E-state index in [9.17, 15) is 9.59 Å². The minimum atomic E-state index is -0.0193. The summed E-state index contributed by atoms with van der Waals surface area (Å²) in [5, 5.41) is 3.74. The Morgan fingerprint density at radius 1 is 1.19 bits per heavy atom. The van der Waals surface area contributed by atoms with Crippen LogP contribution in [0.15, 0.2) is 30.3 Å². The molecule has 0 bridgehead atoms. The molecule has 2 heterocycles. The molecule has 1 saturated heterocycles. The topological polar surface area (TPSA) is 49.4 Å². The highest BCUT2D eigenvalue weighted by atomic mass is 35.5. The van der Waals surface area contributed by atoms with Crippen molar-refractivity contribution in [3.05, 3.63) is 56.2 Å². The lowest BCUT2D eigenvalue weighted by atomic mass is 9.87. The second-order valence-electron chi connectivity index (χ2n) is 7.34. The number of likely N-dealkylation sites (tertiary alicyclic amines) is 1. The first-order valence-corrected chi connectivity index (χ1v) is 10.7. The van der Waals surface area contributed by atoms with Crippen molar-refractivity contribution in [2.24, 2.45) is 5.92 Å². The first-order chi connectivity index (χ1) is 13.1. The number of carbonyl (C=O) groups excluding carboxylic acids is 2. The Morgan fingerprint density at radius 3 is 2.67 bits per heavy atom. The molecule has 0 spiro atoms. The van der Waals surface area contributed by atoms with Gasteiger partial charge in [0.2, 0.25) is 5.91 Å². The van der Waals surface area contributed by atoms with Gasteiger partial charge in [0.15, 0.2) is 0 Å². The zero-order chi connectivity index (χ0) is 18.8. The molecule has 1 fully saturated rings. The molecule has 27 heavy (non-hydrogen) atoms. The SMILES string of the molecule is O=C(NCc1ccc(Cl)cc1)[C@H]1CCc2sc(C(=O)N3CCCC3)cc2C1. The third-order valence-corrected chi connectivity index (χ3v) is 6.91. The smallest absolute Gasteiger partial charge is 0.263 e. The van der Waals surface area contributed by atoms with Crippen molar-refractivity contribution in [3.8, 4) is 0 Å². The van der Waals surface area contributed by atoms with Gasteiger partial charge in [0, 0.05) is 35.5 Å². The molecular weight excluding hydrogens is 380 g/mol. The summed E-state index contributed by atoms with van der Waals surface area (Å²) in [6, 6.07) is 9.55. The molecule has 1 aromatic heterocycles. The lowest BCUT2D eigenvalue weighted by molar-refractivity contribution is -0.125. The highest BCUT2D eigenvalue weighted by Crippen LogP contribution is 2.33. The van der Waals surface area contributed by atoms with Gasteiger partial charge in [-0.2, -0.15) is 0 Å². The zero-order valence-corrected chi connectivity index (χ0v) is 16.7. The van der Waals surface area contributed by atoms with Crippen molar-refractivity contribution in [2.45, 2.75) is 38.6 Å². The number of rotatable bonds is 4. The molecule has 2 aliphatic rings. The average molecular weight is 403 g/mol. The molecular formula is C21H23ClN2O2S. The Kier molecular flexibility index (Phi) is 5.50. The van der Waals surface area contributed by atoms with Crippen molar-refractivity contribution in [1.29, 1.82) is 0 Å². The summed E-state index contributed by atoms with van der Waals surface area (Å²) in [4.78, 5) is 29.3. The van der Waals surface area contributed by atoms with Gasteiger partial charge in [-0.05, 0) is 61.4 Å². The van der Waals surface area contributed by atoms with E-state index in [0.29, 0.717) is 11.6 Å². The molecule has 1 atom stereocenters. The van der Waals surface area contributed by atoms with Gasteiger partial charge in [-0.3, -0.25) is 9.59 Å². The van der Waals surface area contributed by atoms with Crippen LogP contribution in [0.5, 0.6) is 0 Å². The highest BCUT2D eigenvalue weighted by Gasteiger charge is 2.29. The summed E-state index contributed by atoms with van der Waals surface area (Å²) in [5.74, 6) is 0.235. The van der Waals surface area contributed by atoms with Crippen LogP contribution in [0.3, 0.4) is 0 Å². The Hall–Kier alpha value is -1.85. The summed E-state index contributed by atoms with van der Waals surface area (Å²) in [7, 11) is 0. The summed E-state index contributed by atoms with van der Waals surface area (Å²) < 4.78 is 0. The van der Waals surface area contributed by atoms with Crippen LogP contribution in [0.2, 0.25) is 5.02 Å². The lowest BCUT2D eigenvalue weighted by Gasteiger charge is -2.21. The molecule has 2 amide bonds. The lowest BCUT2D eigenvalue weighted by Crippen LogP contribution is -2.33. The maximum Gasteiger partial charge on any atom is 0.263 e. The van der Waals surface area contributed by atoms with E-state index in [0.717, 1.165) is 55.6 Å². The Bertz CT molecular complexity index is 840. The number of carbonyl (C=O) groups is 2. The standard InChI is InChI=1S/C21H23ClN2O2S/c22-17-6-3-14(4-7-17)13-23-20(25)15-5-8-18-16(11-15)12-19(27-18)21(26)24-9-1-2-10-24/h3-4,6-7,12,15H,1-2,5,8-11,13H2,(H,23,25)/t15-/m0/s1. The number of nitrogens with one attached hydrogen (secondary N) is 1. The van der Waals surface area contributed by atoms with Crippen LogP contribution in [0.4, 0.5) is 0 Å². The fourth-order valence-electron chi connectivity index (χ4n) is 3.86. The van der Waals surface area contributed by atoms with Gasteiger partial charge in [0.05, 0.1) is 4.88 Å². The van der Waals surface area contributed by atoms with Crippen molar-refractivity contribution in [1.82, 2.24) is 10.2 Å². The quantitative estimate of drug-likeness (QED) is 0.838. The second kappa shape index (κ2) is 8.03. The molecule has 1 aromatic carbocycles. The highest BCUT2D eigenvalue weighted by molar-refractivity contribution is 7.14. The van der Waals surface area contributed by atoms with Gasteiger partial charge < -0.3 is 10.2 Å². The van der Waals surface area contributed by atoms with Gasteiger partial charge in [0.25, 0.3) is 5.91 Å². The molecule has 1 aliphatic carbocycles. The predicted molar refractivity (Wildman–Crippen MR) is 108 cm³/mol. The fourth-order valence-corrected chi connectivity index (χ4v) is 5.17. The molecule has 1 N–H and O–H groups in total. The van der Waals surface area contributed by atoms with Crippen LogP contribution in [0.25, 0.3) is 0 Å². The third kappa shape index (κ3) is 4.19. The van der Waals surface area contributed by atoms with E-state index in [1.807, 2.05) is 35.2 Å². The number of thiophene rings is 1. The average Bonchev–Trinajstić information content (AvgIpc) is 3.36. The number of amides is 2. The number of benzene rings is 1. The number of hydrogen-bond acceptors (Lipinski definition) is 3. The van der Waals surface area contributed by atoms with Crippen molar-refractivity contribution in [2.75, 3.05) is 13.1 Å². The maximum absolute atomic E-state index is 12.6. The van der Waals surface area contributed by atoms with E-state index >= 15 is 0 Å². The molecule has 4 nitrogen and oxygen atoms in total. The third-order valence-electron chi connectivity index (χ3n) is 5.44. The summed E-state index contributed by atoms with van der Waals surface area (Å²) in [6.07, 6.45) is 4.66. The van der Waals surface area contributed by atoms with E-state index in [1.54, 1.807) is 11.3 Å². The Balaban J connectivity index is 1.36. The van der Waals surface area contributed by atoms with Crippen LogP contribution >= 0.6 is 22.9 Å². The molecule has 4 rings (SSSR count). The molecule has 2 aromatic rings. The van der Waals surface area contributed by atoms with Crippen molar-refractivity contribution in [3.63, 3.8) is 0 Å². The Labute approximate surface area is 168 Å². The molecule has 1 aliphatic heterocycles. The van der Waals surface area contributed by atoms with Crippen LogP contribution in [0.1, 0.15) is 44.9 Å². The van der Waals surface area contributed by atoms with Gasteiger partial charge in [-0.15, -0.1) is 11.3 Å². The van der Waals surface area contributed by atoms with Gasteiger partial charge in [-0.25, -0.2) is 0 Å². The summed E-state index contributed by atoms with van der Waals surface area (Å²) in [6.45, 7) is 2.26. The van der Waals surface area contributed by atoms with E-state index in [-0.39, 0.29) is 17.7 Å². The molecule has 0 saturated carbocycles. The number of hydrogen-bond donors (Lipinski definition) is 1. The fraction of sp³-hybridized carbons (Fsp3) is 0.429. The van der Waals surface area contributed by atoms with Crippen LogP contribution in [-0.2, 0) is 24.2 Å². The van der Waals surface area contributed by atoms with Gasteiger partial charge in [0.1, 0.15) is 0 Å². The minimum absolute atomic E-state index is 0.0193. The summed E-state index contributed by atoms with van der Waals surface area (Å²) >= 11 is 7.52. The first-order valence-electron chi connectivity index (χ1n) is 9.53. The monoisotopic (exact) mass is 402 g/mol. The van der Waals surface area contributed by atoms with Crippen LogP contribution in [-0.4, -0.2) is 29.8 Å². The molecule has 0 unspecified atom stereocenters. The van der Waals surface area contributed by atoms with Gasteiger partial charge in [-0.1, -0.05) is 23.7 Å². The number of halogens is 1. The number of aryl methyl sites for hydroxylation is 1. The van der Waals surface area contributed by atoms with E-state index < -0.39 is 0 Å². The number of nitrogens with zero attached hydrogens (tertiary/aromatic N) is 1. The molecule has 0 radical (unpaired) electrons. The van der Waals surface area contributed by atoms with Crippen LogP contribution < -0.4 is 5.32 Å². The van der Waals surface area contributed by atoms with Crippen molar-refractivity contribution >= 4 is 34.8 Å². The second-order valence-corrected chi connectivity index (χ2v) is 8.92. The largest absolute Gasteiger partial charge is 0.352 e. The Morgan fingerprint density at radius 2 is 1.93 bits per heavy atom.